The second-order valence-corrected chi connectivity index (χ2v) is 3.32. The summed E-state index contributed by atoms with van der Waals surface area (Å²) in [7, 11) is 0. The van der Waals surface area contributed by atoms with Crippen LogP contribution in [0.3, 0.4) is 0 Å². The molecule has 1 rings (SSSR count). The smallest absolute Gasteiger partial charge is 0.0478 e. The fourth-order valence-electron chi connectivity index (χ4n) is 0.896. The van der Waals surface area contributed by atoms with Crippen LogP contribution >= 0.6 is 23.2 Å². The zero-order valence-corrected chi connectivity index (χ0v) is 8.36. The van der Waals surface area contributed by atoms with Gasteiger partial charge in [-0.05, 0) is 18.6 Å². The molecular formula is C10H10Cl2. The first-order chi connectivity index (χ1) is 5.74. The maximum atomic E-state index is 5.94. The average molecular weight is 201 g/mol. The van der Waals surface area contributed by atoms with E-state index in [1.165, 1.54) is 0 Å². The lowest BCUT2D eigenvalue weighted by Gasteiger charge is -1.98. The van der Waals surface area contributed by atoms with Crippen LogP contribution in [0.25, 0.3) is 6.08 Å². The third kappa shape index (κ3) is 2.54. The zero-order chi connectivity index (χ0) is 8.97. The average Bonchev–Trinajstić information content (AvgIpc) is 2.09. The van der Waals surface area contributed by atoms with Gasteiger partial charge >= 0.3 is 0 Å². The minimum atomic E-state index is 0.547. The Bertz CT molecular complexity index is 290. The number of halogens is 2. The summed E-state index contributed by atoms with van der Waals surface area (Å²) >= 11 is 11.6. The number of hydrogen-bond acceptors (Lipinski definition) is 0. The third-order valence-electron chi connectivity index (χ3n) is 1.52. The Morgan fingerprint density at radius 2 is 2.08 bits per heavy atom. The number of rotatable bonds is 2. The molecule has 0 nitrogen and oxygen atoms in total. The molecule has 0 aliphatic carbocycles. The summed E-state index contributed by atoms with van der Waals surface area (Å²) in [5, 5.41) is 0.766. The van der Waals surface area contributed by atoms with Crippen molar-refractivity contribution in [1.29, 1.82) is 0 Å². The van der Waals surface area contributed by atoms with Crippen LogP contribution in [0.2, 0.25) is 5.02 Å². The molecule has 0 fully saturated rings. The summed E-state index contributed by atoms with van der Waals surface area (Å²) in [5.74, 6) is 0.547. The van der Waals surface area contributed by atoms with Gasteiger partial charge in [-0.1, -0.05) is 41.4 Å². The van der Waals surface area contributed by atoms with Crippen molar-refractivity contribution in [2.24, 2.45) is 0 Å². The maximum Gasteiger partial charge on any atom is 0.0478 e. The molecule has 12 heavy (non-hydrogen) atoms. The molecule has 0 saturated heterocycles. The first-order valence-corrected chi connectivity index (χ1v) is 4.63. The van der Waals surface area contributed by atoms with Crippen LogP contribution in [0.4, 0.5) is 0 Å². The molecule has 0 aliphatic heterocycles. The highest BCUT2D eigenvalue weighted by atomic mass is 35.5. The molecule has 0 aliphatic rings. The van der Waals surface area contributed by atoms with E-state index in [2.05, 4.69) is 0 Å². The van der Waals surface area contributed by atoms with Gasteiger partial charge < -0.3 is 0 Å². The van der Waals surface area contributed by atoms with E-state index in [1.54, 1.807) is 0 Å². The molecule has 0 radical (unpaired) electrons. The molecular weight excluding hydrogens is 191 g/mol. The Kier molecular flexibility index (Phi) is 3.64. The van der Waals surface area contributed by atoms with Crippen molar-refractivity contribution in [3.63, 3.8) is 0 Å². The molecule has 0 N–H and O–H groups in total. The maximum absolute atomic E-state index is 5.94. The second-order valence-electron chi connectivity index (χ2n) is 2.65. The van der Waals surface area contributed by atoms with Crippen molar-refractivity contribution >= 4 is 29.3 Å². The van der Waals surface area contributed by atoms with Crippen LogP contribution in [0.1, 0.15) is 12.5 Å². The largest absolute Gasteiger partial charge is 0.122 e. The lowest BCUT2D eigenvalue weighted by Crippen LogP contribution is -1.79. The Morgan fingerprint density at radius 3 is 2.67 bits per heavy atom. The molecule has 0 heterocycles. The lowest BCUT2D eigenvalue weighted by molar-refractivity contribution is 1.43. The topological polar surface area (TPSA) is 0 Å². The SMILES string of the molecule is CC(=Cc1ccccc1Cl)CCl. The zero-order valence-electron chi connectivity index (χ0n) is 6.85. The van der Waals surface area contributed by atoms with Crippen LogP contribution in [-0.4, -0.2) is 5.88 Å². The van der Waals surface area contributed by atoms with Gasteiger partial charge in [0.1, 0.15) is 0 Å². The van der Waals surface area contributed by atoms with Crippen LogP contribution in [-0.2, 0) is 0 Å². The van der Waals surface area contributed by atoms with E-state index in [0.717, 1.165) is 16.2 Å². The fourth-order valence-corrected chi connectivity index (χ4v) is 1.16. The van der Waals surface area contributed by atoms with Gasteiger partial charge in [-0.3, -0.25) is 0 Å². The Balaban J connectivity index is 2.96. The van der Waals surface area contributed by atoms with Gasteiger partial charge in [0.05, 0.1) is 0 Å². The predicted octanol–water partition coefficient (Wildman–Crippen LogP) is 3.98. The molecule has 0 unspecified atom stereocenters. The number of alkyl halides is 1. The minimum absolute atomic E-state index is 0.547. The van der Waals surface area contributed by atoms with Crippen LogP contribution in [0.15, 0.2) is 29.8 Å². The minimum Gasteiger partial charge on any atom is -0.122 e. The number of allylic oxidation sites excluding steroid dienone is 1. The standard InChI is InChI=1S/C10H10Cl2/c1-8(7-11)6-9-4-2-3-5-10(9)12/h2-6H,7H2,1H3. The van der Waals surface area contributed by atoms with E-state index in [1.807, 2.05) is 37.3 Å². The highest BCUT2D eigenvalue weighted by molar-refractivity contribution is 6.32. The van der Waals surface area contributed by atoms with E-state index in [-0.39, 0.29) is 0 Å². The van der Waals surface area contributed by atoms with Crippen molar-refractivity contribution in [1.82, 2.24) is 0 Å². The molecule has 2 heteroatoms. The Labute approximate surface area is 82.8 Å². The third-order valence-corrected chi connectivity index (χ3v) is 2.28. The van der Waals surface area contributed by atoms with Gasteiger partial charge in [-0.2, -0.15) is 0 Å². The van der Waals surface area contributed by atoms with Gasteiger partial charge in [0.15, 0.2) is 0 Å². The Hall–Kier alpha value is -0.460. The summed E-state index contributed by atoms with van der Waals surface area (Å²) in [4.78, 5) is 0. The van der Waals surface area contributed by atoms with Crippen molar-refractivity contribution in [2.45, 2.75) is 6.92 Å². The molecule has 0 aromatic heterocycles. The fraction of sp³-hybridized carbons (Fsp3) is 0.200. The van der Waals surface area contributed by atoms with Crippen molar-refractivity contribution < 1.29 is 0 Å². The van der Waals surface area contributed by atoms with E-state index in [9.17, 15) is 0 Å². The van der Waals surface area contributed by atoms with Crippen LogP contribution in [0.5, 0.6) is 0 Å². The summed E-state index contributed by atoms with van der Waals surface area (Å²) in [6, 6.07) is 7.71. The summed E-state index contributed by atoms with van der Waals surface area (Å²) < 4.78 is 0. The molecule has 1 aromatic carbocycles. The molecule has 0 bridgehead atoms. The van der Waals surface area contributed by atoms with E-state index in [4.69, 9.17) is 23.2 Å². The first-order valence-electron chi connectivity index (χ1n) is 3.71. The van der Waals surface area contributed by atoms with E-state index >= 15 is 0 Å². The molecule has 0 spiro atoms. The number of benzene rings is 1. The van der Waals surface area contributed by atoms with Gasteiger partial charge in [0.25, 0.3) is 0 Å². The van der Waals surface area contributed by atoms with Gasteiger partial charge in [0.2, 0.25) is 0 Å². The Morgan fingerprint density at radius 1 is 1.42 bits per heavy atom. The summed E-state index contributed by atoms with van der Waals surface area (Å²) in [6.07, 6.45) is 2.00. The van der Waals surface area contributed by atoms with E-state index in [0.29, 0.717) is 5.88 Å². The molecule has 0 atom stereocenters. The lowest BCUT2D eigenvalue weighted by atomic mass is 10.1. The van der Waals surface area contributed by atoms with E-state index < -0.39 is 0 Å². The van der Waals surface area contributed by atoms with Crippen molar-refractivity contribution in [3.8, 4) is 0 Å². The molecule has 0 amide bonds. The summed E-state index contributed by atoms with van der Waals surface area (Å²) in [5.41, 5.74) is 2.14. The monoisotopic (exact) mass is 200 g/mol. The van der Waals surface area contributed by atoms with Crippen LogP contribution < -0.4 is 0 Å². The van der Waals surface area contributed by atoms with Gasteiger partial charge in [-0.15, -0.1) is 11.6 Å². The second kappa shape index (κ2) is 4.54. The molecule has 64 valence electrons. The van der Waals surface area contributed by atoms with Gasteiger partial charge in [-0.25, -0.2) is 0 Å². The highest BCUT2D eigenvalue weighted by Gasteiger charge is 1.94. The first kappa shape index (κ1) is 9.63. The molecule has 0 saturated carbocycles. The van der Waals surface area contributed by atoms with Gasteiger partial charge in [0, 0.05) is 10.9 Å². The predicted molar refractivity (Wildman–Crippen MR) is 55.8 cm³/mol. The number of hydrogen-bond donors (Lipinski definition) is 0. The summed E-state index contributed by atoms with van der Waals surface area (Å²) in [6.45, 7) is 1.98. The van der Waals surface area contributed by atoms with Crippen LogP contribution in [0, 0.1) is 0 Å². The quantitative estimate of drug-likeness (QED) is 0.634. The normalized spacial score (nSPS) is 11.8. The molecule has 1 aromatic rings. The highest BCUT2D eigenvalue weighted by Crippen LogP contribution is 2.18. The van der Waals surface area contributed by atoms with Crippen molar-refractivity contribution in [3.05, 3.63) is 40.4 Å². The van der Waals surface area contributed by atoms with Crippen molar-refractivity contribution in [2.75, 3.05) is 5.88 Å².